The van der Waals surface area contributed by atoms with Crippen molar-refractivity contribution < 1.29 is 0 Å². The molecule has 0 amide bonds. The average molecular weight is 1380 g/mol. The second kappa shape index (κ2) is 23.5. The highest BCUT2D eigenvalue weighted by Gasteiger charge is 2.28. The van der Waals surface area contributed by atoms with Gasteiger partial charge in [0.2, 0.25) is 0 Å². The predicted molar refractivity (Wildman–Crippen MR) is 450 cm³/mol. The molecule has 0 radical (unpaired) electrons. The number of hydrogen-bond donors (Lipinski definition) is 0. The number of hydrogen-bond acceptors (Lipinski definition) is 2. The molecule has 0 aliphatic rings. The fraction of sp³-hybridized carbons (Fsp3) is 0. The summed E-state index contributed by atoms with van der Waals surface area (Å²) in [4.78, 5) is 11.1. The molecular formula is C100H62N8. The summed E-state index contributed by atoms with van der Waals surface area (Å²) in [6, 6.07) is 138. The molecule has 0 bridgehead atoms. The van der Waals surface area contributed by atoms with Crippen LogP contribution in [0.3, 0.4) is 0 Å². The molecule has 0 aliphatic carbocycles. The molecule has 0 fully saturated rings. The van der Waals surface area contributed by atoms with Crippen molar-refractivity contribution in [3.8, 4) is 79.2 Å². The third-order valence-corrected chi connectivity index (χ3v) is 22.6. The van der Waals surface area contributed by atoms with E-state index in [9.17, 15) is 0 Å². The van der Waals surface area contributed by atoms with Gasteiger partial charge < -0.3 is 27.4 Å². The Morgan fingerprint density at radius 2 is 0.435 bits per heavy atom. The molecule has 23 aromatic rings. The Morgan fingerprint density at radius 3 is 0.796 bits per heavy atom. The van der Waals surface area contributed by atoms with Gasteiger partial charge in [-0.1, -0.05) is 237 Å². The summed E-state index contributed by atoms with van der Waals surface area (Å²) in [6.45, 7) is 0. The monoisotopic (exact) mass is 1370 g/mol. The van der Waals surface area contributed by atoms with Crippen molar-refractivity contribution in [2.24, 2.45) is 0 Å². The fourth-order valence-corrected chi connectivity index (χ4v) is 18.0. The number of para-hydroxylation sites is 9. The molecule has 0 N–H and O–H groups in total. The molecule has 0 saturated carbocycles. The molecular weight excluding hydrogens is 1310 g/mol. The topological polar surface area (TPSA) is 55.4 Å². The molecule has 502 valence electrons. The lowest BCUT2D eigenvalue weighted by Gasteiger charge is -2.22. The molecule has 0 saturated heterocycles. The summed E-state index contributed by atoms with van der Waals surface area (Å²) in [7, 11) is 0. The molecule has 7 aromatic heterocycles. The van der Waals surface area contributed by atoms with Crippen molar-refractivity contribution in [2.75, 3.05) is 0 Å². The zero-order valence-corrected chi connectivity index (χ0v) is 58.4. The Kier molecular flexibility index (Phi) is 13.0. The van der Waals surface area contributed by atoms with Crippen molar-refractivity contribution in [3.63, 3.8) is 0 Å². The highest BCUT2D eigenvalue weighted by Crippen LogP contribution is 2.48. The second-order valence-corrected chi connectivity index (χ2v) is 28.4. The summed E-state index contributed by atoms with van der Waals surface area (Å²) in [5.74, 6) is 0.643. The van der Waals surface area contributed by atoms with Crippen LogP contribution in [-0.2, 0) is 0 Å². The van der Waals surface area contributed by atoms with Gasteiger partial charge in [0.05, 0.1) is 89.0 Å². The first kappa shape index (κ1) is 59.9. The summed E-state index contributed by atoms with van der Waals surface area (Å²) in [5, 5.41) is 14.3. The molecule has 23 rings (SSSR count). The van der Waals surface area contributed by atoms with Crippen LogP contribution in [0.1, 0.15) is 0 Å². The number of benzene rings is 16. The van der Waals surface area contributed by atoms with Crippen molar-refractivity contribution >= 4 is 131 Å². The van der Waals surface area contributed by atoms with Gasteiger partial charge in [0, 0.05) is 115 Å². The standard InChI is InChI=1S/C100H62N8/c1-3-26-63(27-4-1)83-62-84(102-100(101-83)64-28-5-2-6-29-64)77-39-25-49-98(108-96-56-52-67(105-89-44-20-11-34-73(89)74-35-12-21-45-90(74)105)60-81(96)82-61-68(53-57-97(82)108)106-91-46-22-13-36-75(91)76-37-14-23-47-92(76)106)99(77)78-38-15-24-48-93(78)107-94-54-50-65(103-85-40-16-7-30-69(85)70-31-8-17-41-86(70)103)58-79(94)80-59-66(51-55-95(80)107)104-87-42-18-9-32-71(87)72-33-10-19-43-88(72)104/h1-62H. The van der Waals surface area contributed by atoms with Gasteiger partial charge in [-0.3, -0.25) is 0 Å². The molecule has 108 heavy (non-hydrogen) atoms. The lowest BCUT2D eigenvalue weighted by molar-refractivity contribution is 1.14. The number of rotatable bonds is 10. The van der Waals surface area contributed by atoms with Crippen LogP contribution in [0, 0.1) is 0 Å². The molecule has 8 heteroatoms. The maximum absolute atomic E-state index is 5.72. The average Bonchev–Trinajstić information content (AvgIpc) is 1.60. The van der Waals surface area contributed by atoms with Crippen LogP contribution in [0.25, 0.3) is 210 Å². The highest BCUT2D eigenvalue weighted by atomic mass is 15.0. The molecule has 8 nitrogen and oxygen atoms in total. The Labute approximate surface area is 619 Å². The van der Waals surface area contributed by atoms with E-state index >= 15 is 0 Å². The van der Waals surface area contributed by atoms with E-state index in [-0.39, 0.29) is 0 Å². The van der Waals surface area contributed by atoms with Crippen molar-refractivity contribution in [1.82, 2.24) is 37.4 Å². The number of fused-ring (bicyclic) bond motifs is 18. The molecule has 7 heterocycles. The van der Waals surface area contributed by atoms with Crippen LogP contribution in [0.5, 0.6) is 0 Å². The zero-order valence-electron chi connectivity index (χ0n) is 58.4. The first-order valence-corrected chi connectivity index (χ1v) is 37.0. The van der Waals surface area contributed by atoms with E-state index in [1.807, 2.05) is 0 Å². The van der Waals surface area contributed by atoms with Gasteiger partial charge in [0.15, 0.2) is 5.82 Å². The smallest absolute Gasteiger partial charge is 0.160 e. The summed E-state index contributed by atoms with van der Waals surface area (Å²) in [5.41, 5.74) is 26.5. The van der Waals surface area contributed by atoms with E-state index in [0.29, 0.717) is 5.82 Å². The quantitative estimate of drug-likeness (QED) is 0.137. The molecule has 0 atom stereocenters. The number of aromatic nitrogens is 8. The lowest BCUT2D eigenvalue weighted by atomic mass is 9.93. The van der Waals surface area contributed by atoms with E-state index in [0.717, 1.165) is 161 Å². The van der Waals surface area contributed by atoms with Gasteiger partial charge in [-0.15, -0.1) is 0 Å². The van der Waals surface area contributed by atoms with Crippen LogP contribution in [0.4, 0.5) is 0 Å². The minimum Gasteiger partial charge on any atom is -0.309 e. The van der Waals surface area contributed by atoms with Gasteiger partial charge >= 0.3 is 0 Å². The van der Waals surface area contributed by atoms with E-state index in [4.69, 9.17) is 9.97 Å². The second-order valence-electron chi connectivity index (χ2n) is 28.4. The van der Waals surface area contributed by atoms with E-state index in [1.54, 1.807) is 0 Å². The van der Waals surface area contributed by atoms with E-state index in [1.165, 1.54) is 43.1 Å². The first-order valence-electron chi connectivity index (χ1n) is 37.0. The van der Waals surface area contributed by atoms with Gasteiger partial charge in [-0.05, 0) is 140 Å². The van der Waals surface area contributed by atoms with E-state index < -0.39 is 0 Å². The van der Waals surface area contributed by atoms with Gasteiger partial charge in [-0.2, -0.15) is 0 Å². The van der Waals surface area contributed by atoms with Crippen LogP contribution >= 0.6 is 0 Å². The van der Waals surface area contributed by atoms with Crippen molar-refractivity contribution in [3.05, 3.63) is 376 Å². The first-order chi connectivity index (χ1) is 53.6. The Balaban J connectivity index is 0.831. The van der Waals surface area contributed by atoms with Gasteiger partial charge in [0.1, 0.15) is 0 Å². The van der Waals surface area contributed by atoms with Crippen molar-refractivity contribution in [2.45, 2.75) is 0 Å². The number of nitrogens with zero attached hydrogens (tertiary/aromatic N) is 8. The van der Waals surface area contributed by atoms with Crippen LogP contribution in [-0.4, -0.2) is 37.4 Å². The third kappa shape index (κ3) is 8.86. The maximum Gasteiger partial charge on any atom is 0.160 e. The predicted octanol–water partition coefficient (Wildman–Crippen LogP) is 25.7. The van der Waals surface area contributed by atoms with Crippen LogP contribution in [0.15, 0.2) is 376 Å². The maximum atomic E-state index is 5.72. The van der Waals surface area contributed by atoms with Crippen LogP contribution in [0.2, 0.25) is 0 Å². The molecule has 0 aliphatic heterocycles. The normalized spacial score (nSPS) is 12.1. The minimum atomic E-state index is 0.643. The zero-order chi connectivity index (χ0) is 70.7. The Morgan fingerprint density at radius 1 is 0.167 bits per heavy atom. The van der Waals surface area contributed by atoms with Gasteiger partial charge in [0.25, 0.3) is 0 Å². The van der Waals surface area contributed by atoms with E-state index in [2.05, 4.69) is 404 Å². The third-order valence-electron chi connectivity index (χ3n) is 22.6. The summed E-state index contributed by atoms with van der Waals surface area (Å²) in [6.07, 6.45) is 0. The van der Waals surface area contributed by atoms with Crippen LogP contribution < -0.4 is 0 Å². The van der Waals surface area contributed by atoms with Gasteiger partial charge in [-0.25, -0.2) is 9.97 Å². The molecule has 0 spiro atoms. The summed E-state index contributed by atoms with van der Waals surface area (Å²) >= 11 is 0. The lowest BCUT2D eigenvalue weighted by Crippen LogP contribution is -2.04. The molecule has 16 aromatic carbocycles. The highest BCUT2D eigenvalue weighted by molar-refractivity contribution is 6.18. The Hall–Kier alpha value is -14.6. The minimum absolute atomic E-state index is 0.643. The largest absolute Gasteiger partial charge is 0.309 e. The molecule has 0 unspecified atom stereocenters. The SMILES string of the molecule is c1ccc(-c2cc(-c3cccc(-n4c5ccc(-n6c7ccccc7c7ccccc76)cc5c5cc(-n6c7ccccc7c7ccccc76)ccc54)c3-c3ccccc3-n3c4ccc(-n5c6ccccc6c6ccccc65)cc4c4cc(-n5c6ccccc6c6ccccc65)ccc43)nc(-c3ccccc3)n2)cc1. The fourth-order valence-electron chi connectivity index (χ4n) is 18.0. The summed E-state index contributed by atoms with van der Waals surface area (Å²) < 4.78 is 14.8. The van der Waals surface area contributed by atoms with Crippen molar-refractivity contribution in [1.29, 1.82) is 0 Å². The Bertz CT molecular complexity index is 7070.